The maximum absolute atomic E-state index is 13.3. The van der Waals surface area contributed by atoms with E-state index in [9.17, 15) is 9.18 Å². The number of anilines is 1. The first kappa shape index (κ1) is 22.4. The summed E-state index contributed by atoms with van der Waals surface area (Å²) in [6.07, 6.45) is 4.64. The van der Waals surface area contributed by atoms with Crippen molar-refractivity contribution in [3.63, 3.8) is 0 Å². The van der Waals surface area contributed by atoms with E-state index in [1.54, 1.807) is 52.5 Å². The number of carbonyl (C=O) groups is 1. The topological polar surface area (TPSA) is 46.1 Å². The Balaban J connectivity index is 1.49. The fraction of sp³-hybridized carbons (Fsp3) is 0.240. The van der Waals surface area contributed by atoms with E-state index in [2.05, 4.69) is 31.0 Å². The van der Waals surface area contributed by atoms with Crippen molar-refractivity contribution >= 4 is 44.4 Å². The van der Waals surface area contributed by atoms with Crippen molar-refractivity contribution in [3.05, 3.63) is 83.4 Å². The van der Waals surface area contributed by atoms with Crippen LogP contribution in [0.15, 0.2) is 65.8 Å². The second-order valence-corrected chi connectivity index (χ2v) is 9.77. The number of thioether (sulfide) groups is 1. The average molecular weight is 466 g/mol. The van der Waals surface area contributed by atoms with Crippen LogP contribution in [0.25, 0.3) is 10.2 Å². The van der Waals surface area contributed by atoms with Gasteiger partial charge in [0.05, 0.1) is 16.8 Å². The largest absolute Gasteiger partial charge is 0.284 e. The molecule has 0 unspecified atom stereocenters. The van der Waals surface area contributed by atoms with Gasteiger partial charge in [-0.25, -0.2) is 9.37 Å². The van der Waals surface area contributed by atoms with E-state index in [0.29, 0.717) is 13.0 Å². The highest BCUT2D eigenvalue weighted by Gasteiger charge is 2.21. The summed E-state index contributed by atoms with van der Waals surface area (Å²) in [6, 6.07) is 14.5. The lowest BCUT2D eigenvalue weighted by molar-refractivity contribution is -0.118. The highest BCUT2D eigenvalue weighted by Crippen LogP contribution is 2.33. The van der Waals surface area contributed by atoms with Gasteiger partial charge in [0.2, 0.25) is 5.91 Å². The molecular weight excluding hydrogens is 441 g/mol. The summed E-state index contributed by atoms with van der Waals surface area (Å²) in [6.45, 7) is 4.61. The molecule has 0 spiro atoms. The number of hydrogen-bond acceptors (Lipinski definition) is 5. The SMILES string of the molecule is Cc1ccc2sc(N(Cc3ccncc3)C(=O)CCCSc3ccc(F)cc3)nc2c1C. The summed E-state index contributed by atoms with van der Waals surface area (Å²) >= 11 is 3.18. The molecule has 7 heteroatoms. The van der Waals surface area contributed by atoms with E-state index in [4.69, 9.17) is 4.98 Å². The predicted molar refractivity (Wildman–Crippen MR) is 131 cm³/mol. The van der Waals surface area contributed by atoms with Crippen molar-refractivity contribution in [1.82, 2.24) is 9.97 Å². The van der Waals surface area contributed by atoms with E-state index in [1.807, 2.05) is 12.1 Å². The first-order valence-corrected chi connectivity index (χ1v) is 12.3. The summed E-state index contributed by atoms with van der Waals surface area (Å²) in [7, 11) is 0. The van der Waals surface area contributed by atoms with Gasteiger partial charge in [-0.15, -0.1) is 11.8 Å². The van der Waals surface area contributed by atoms with Crippen LogP contribution in [0, 0.1) is 19.7 Å². The molecule has 0 atom stereocenters. The number of halogens is 1. The number of carbonyl (C=O) groups excluding carboxylic acids is 1. The molecule has 0 N–H and O–H groups in total. The van der Waals surface area contributed by atoms with E-state index in [0.717, 1.165) is 43.5 Å². The Morgan fingerprint density at radius 2 is 1.81 bits per heavy atom. The van der Waals surface area contributed by atoms with Crippen LogP contribution in [0.1, 0.15) is 29.5 Å². The smallest absolute Gasteiger partial charge is 0.229 e. The zero-order valence-electron chi connectivity index (χ0n) is 18.0. The number of benzene rings is 2. The molecule has 0 bridgehead atoms. The lowest BCUT2D eigenvalue weighted by Crippen LogP contribution is -2.30. The number of fused-ring (bicyclic) bond motifs is 1. The third-order valence-electron chi connectivity index (χ3n) is 5.31. The van der Waals surface area contributed by atoms with E-state index < -0.39 is 0 Å². The molecule has 0 aliphatic rings. The van der Waals surface area contributed by atoms with Gasteiger partial charge >= 0.3 is 0 Å². The Labute approximate surface area is 195 Å². The van der Waals surface area contributed by atoms with Crippen molar-refractivity contribution in [2.24, 2.45) is 0 Å². The maximum atomic E-state index is 13.3. The Bertz CT molecular complexity index is 1210. The Kier molecular flexibility index (Phi) is 7.17. The molecular formula is C25H24FN3OS2. The van der Waals surface area contributed by atoms with Crippen LogP contribution in [0.2, 0.25) is 0 Å². The van der Waals surface area contributed by atoms with Gasteiger partial charge in [0.25, 0.3) is 0 Å². The molecule has 2 aromatic heterocycles. The van der Waals surface area contributed by atoms with Gasteiger partial charge in [-0.2, -0.15) is 0 Å². The molecule has 0 radical (unpaired) electrons. The summed E-state index contributed by atoms with van der Waals surface area (Å²) in [5.74, 6) is 0.603. The van der Waals surface area contributed by atoms with Crippen LogP contribution in [0.5, 0.6) is 0 Å². The molecule has 0 aliphatic carbocycles. The van der Waals surface area contributed by atoms with Crippen LogP contribution in [-0.4, -0.2) is 21.6 Å². The second-order valence-electron chi connectivity index (χ2n) is 7.59. The van der Waals surface area contributed by atoms with Gasteiger partial charge in [0.1, 0.15) is 5.82 Å². The van der Waals surface area contributed by atoms with Crippen LogP contribution in [0.4, 0.5) is 9.52 Å². The fourth-order valence-corrected chi connectivity index (χ4v) is 5.24. The summed E-state index contributed by atoms with van der Waals surface area (Å²) in [4.78, 5) is 25.0. The van der Waals surface area contributed by atoms with Crippen LogP contribution in [0.3, 0.4) is 0 Å². The molecule has 2 heterocycles. The molecule has 0 saturated heterocycles. The molecule has 4 nitrogen and oxygen atoms in total. The van der Waals surface area contributed by atoms with Gasteiger partial charge in [-0.3, -0.25) is 14.7 Å². The standard InChI is InChI=1S/C25H24FN3OS2/c1-17-5-10-22-24(18(17)2)28-25(32-22)29(16-19-11-13-27-14-12-19)23(30)4-3-15-31-21-8-6-20(26)7-9-21/h5-14H,3-4,15-16H2,1-2H3. The molecule has 0 saturated carbocycles. The molecule has 2 aromatic carbocycles. The van der Waals surface area contributed by atoms with Gasteiger partial charge < -0.3 is 0 Å². The third-order valence-corrected chi connectivity index (χ3v) is 7.45. The van der Waals surface area contributed by atoms with Crippen molar-refractivity contribution in [2.45, 2.75) is 38.1 Å². The number of thiazole rings is 1. The summed E-state index contributed by atoms with van der Waals surface area (Å²) in [5.41, 5.74) is 4.32. The summed E-state index contributed by atoms with van der Waals surface area (Å²) < 4.78 is 14.2. The van der Waals surface area contributed by atoms with Crippen molar-refractivity contribution < 1.29 is 9.18 Å². The highest BCUT2D eigenvalue weighted by atomic mass is 32.2. The summed E-state index contributed by atoms with van der Waals surface area (Å²) in [5, 5.41) is 0.724. The van der Waals surface area contributed by atoms with Crippen molar-refractivity contribution in [3.8, 4) is 0 Å². The van der Waals surface area contributed by atoms with Crippen LogP contribution < -0.4 is 4.90 Å². The van der Waals surface area contributed by atoms with Gasteiger partial charge in [-0.1, -0.05) is 17.4 Å². The lowest BCUT2D eigenvalue weighted by atomic mass is 10.1. The molecule has 0 aliphatic heterocycles. The Morgan fingerprint density at radius 3 is 2.56 bits per heavy atom. The average Bonchev–Trinajstić information content (AvgIpc) is 3.24. The number of rotatable bonds is 8. The number of aromatic nitrogens is 2. The van der Waals surface area contributed by atoms with E-state index >= 15 is 0 Å². The quantitative estimate of drug-likeness (QED) is 0.219. The van der Waals surface area contributed by atoms with Crippen molar-refractivity contribution in [1.29, 1.82) is 0 Å². The maximum Gasteiger partial charge on any atom is 0.229 e. The Morgan fingerprint density at radius 1 is 1.06 bits per heavy atom. The zero-order valence-corrected chi connectivity index (χ0v) is 19.7. The van der Waals surface area contributed by atoms with E-state index in [1.165, 1.54) is 17.7 Å². The zero-order chi connectivity index (χ0) is 22.5. The first-order valence-electron chi connectivity index (χ1n) is 10.5. The van der Waals surface area contributed by atoms with E-state index in [-0.39, 0.29) is 11.7 Å². The predicted octanol–water partition coefficient (Wildman–Crippen LogP) is 6.55. The van der Waals surface area contributed by atoms with Gasteiger partial charge in [0, 0.05) is 23.7 Å². The third kappa shape index (κ3) is 5.34. The molecule has 32 heavy (non-hydrogen) atoms. The van der Waals surface area contributed by atoms with Crippen molar-refractivity contribution in [2.75, 3.05) is 10.7 Å². The lowest BCUT2D eigenvalue weighted by Gasteiger charge is -2.20. The molecule has 0 fully saturated rings. The Hall–Kier alpha value is -2.77. The monoisotopic (exact) mass is 465 g/mol. The minimum absolute atomic E-state index is 0.0509. The van der Waals surface area contributed by atoms with Gasteiger partial charge in [0.15, 0.2) is 5.13 Å². The number of nitrogens with zero attached hydrogens (tertiary/aromatic N) is 3. The molecule has 4 aromatic rings. The fourth-order valence-electron chi connectivity index (χ4n) is 3.34. The minimum atomic E-state index is -0.238. The second kappa shape index (κ2) is 10.2. The first-order chi connectivity index (χ1) is 15.5. The normalized spacial score (nSPS) is 11.1. The minimum Gasteiger partial charge on any atom is -0.284 e. The highest BCUT2D eigenvalue weighted by molar-refractivity contribution is 7.99. The molecule has 1 amide bonds. The van der Waals surface area contributed by atoms with Crippen LogP contribution in [-0.2, 0) is 11.3 Å². The number of pyridine rings is 1. The number of amides is 1. The number of hydrogen-bond donors (Lipinski definition) is 0. The van der Waals surface area contributed by atoms with Gasteiger partial charge in [-0.05, 0) is 85.2 Å². The molecule has 164 valence electrons. The number of aryl methyl sites for hydroxylation is 2. The molecule has 4 rings (SSSR count). The van der Waals surface area contributed by atoms with Crippen LogP contribution >= 0.6 is 23.1 Å².